The Morgan fingerprint density at radius 1 is 1.17 bits per heavy atom. The van der Waals surface area contributed by atoms with E-state index in [2.05, 4.69) is 5.32 Å². The van der Waals surface area contributed by atoms with E-state index in [1.807, 2.05) is 0 Å². The smallest absolute Gasteiger partial charge is 0.322 e. The first-order valence-electron chi connectivity index (χ1n) is 7.29. The summed E-state index contributed by atoms with van der Waals surface area (Å²) in [5.74, 6) is -2.13. The average molecular weight is 327 g/mol. The fourth-order valence-electron chi connectivity index (χ4n) is 2.30. The number of piperazine rings is 1. The molecule has 1 fully saturated rings. The van der Waals surface area contributed by atoms with Gasteiger partial charge in [0.1, 0.15) is 0 Å². The molecule has 0 radical (unpaired) electrons. The first kappa shape index (κ1) is 17.1. The topological polar surface area (TPSA) is 61.9 Å². The first-order valence-corrected chi connectivity index (χ1v) is 7.29. The van der Waals surface area contributed by atoms with E-state index in [-0.39, 0.29) is 11.6 Å². The fourth-order valence-corrected chi connectivity index (χ4v) is 2.30. The molecular weight excluding hydrogens is 308 g/mol. The molecule has 0 atom stereocenters. The van der Waals surface area contributed by atoms with Crippen LogP contribution in [0.25, 0.3) is 0 Å². The van der Waals surface area contributed by atoms with Crippen LogP contribution in [0, 0.1) is 11.6 Å². The molecule has 3 amide bonds. The van der Waals surface area contributed by atoms with Crippen LogP contribution in [0.3, 0.4) is 0 Å². The average Bonchev–Trinajstić information content (AvgIpc) is 2.57. The lowest BCUT2D eigenvalue weighted by molar-refractivity contribution is -0.133. The van der Waals surface area contributed by atoms with E-state index in [1.54, 1.807) is 4.90 Å². The molecule has 0 saturated carbocycles. The highest BCUT2D eigenvalue weighted by atomic mass is 19.2. The number of nitrogens with zero attached hydrogens (tertiary/aromatic N) is 2. The van der Waals surface area contributed by atoms with Crippen LogP contribution >= 0.6 is 0 Å². The molecule has 0 bridgehead atoms. The molecule has 1 heterocycles. The summed E-state index contributed by atoms with van der Waals surface area (Å²) in [6.07, 6.45) is 0.303. The Morgan fingerprint density at radius 3 is 2.48 bits per heavy atom. The zero-order valence-corrected chi connectivity index (χ0v) is 12.8. The molecule has 1 saturated heterocycles. The first-order chi connectivity index (χ1) is 11.0. The van der Waals surface area contributed by atoms with Crippen LogP contribution in [-0.2, 0) is 9.53 Å². The van der Waals surface area contributed by atoms with Crippen molar-refractivity contribution in [1.82, 2.24) is 9.80 Å². The third-order valence-electron chi connectivity index (χ3n) is 3.63. The molecule has 1 aromatic rings. The number of benzene rings is 1. The van der Waals surface area contributed by atoms with Gasteiger partial charge in [-0.15, -0.1) is 0 Å². The van der Waals surface area contributed by atoms with E-state index in [4.69, 9.17) is 4.74 Å². The fraction of sp³-hybridized carbons (Fsp3) is 0.467. The monoisotopic (exact) mass is 327 g/mol. The number of urea groups is 1. The van der Waals surface area contributed by atoms with Gasteiger partial charge in [-0.05, 0) is 12.1 Å². The predicted octanol–water partition coefficient (Wildman–Crippen LogP) is 1.68. The van der Waals surface area contributed by atoms with Gasteiger partial charge in [0.05, 0.1) is 18.7 Å². The number of halogens is 2. The van der Waals surface area contributed by atoms with Crippen molar-refractivity contribution >= 4 is 17.6 Å². The molecule has 0 aliphatic carbocycles. The zero-order chi connectivity index (χ0) is 16.8. The highest BCUT2D eigenvalue weighted by Crippen LogP contribution is 2.17. The summed E-state index contributed by atoms with van der Waals surface area (Å²) in [5.41, 5.74) is -0.200. The van der Waals surface area contributed by atoms with Crippen LogP contribution in [0.1, 0.15) is 6.42 Å². The number of carbonyl (C=O) groups excluding carboxylic acids is 2. The van der Waals surface area contributed by atoms with Crippen molar-refractivity contribution in [2.75, 3.05) is 45.2 Å². The van der Waals surface area contributed by atoms with Gasteiger partial charge in [-0.25, -0.2) is 13.6 Å². The lowest BCUT2D eigenvalue weighted by Crippen LogP contribution is -2.51. The van der Waals surface area contributed by atoms with Crippen molar-refractivity contribution in [2.24, 2.45) is 0 Å². The second-order valence-corrected chi connectivity index (χ2v) is 5.14. The number of hydrogen-bond acceptors (Lipinski definition) is 3. The van der Waals surface area contributed by atoms with Crippen molar-refractivity contribution in [2.45, 2.75) is 6.42 Å². The SMILES string of the molecule is COCCC(=O)N1CCN(C(=O)Nc2cccc(F)c2F)CC1. The molecule has 1 N–H and O–H groups in total. The number of nitrogens with one attached hydrogen (secondary N) is 1. The summed E-state index contributed by atoms with van der Waals surface area (Å²) >= 11 is 0. The van der Waals surface area contributed by atoms with E-state index in [9.17, 15) is 18.4 Å². The van der Waals surface area contributed by atoms with Crippen molar-refractivity contribution in [3.63, 3.8) is 0 Å². The Morgan fingerprint density at radius 2 is 1.83 bits per heavy atom. The van der Waals surface area contributed by atoms with Gasteiger partial charge in [0, 0.05) is 33.3 Å². The van der Waals surface area contributed by atoms with Crippen molar-refractivity contribution < 1.29 is 23.1 Å². The maximum atomic E-state index is 13.5. The Balaban J connectivity index is 1.86. The summed E-state index contributed by atoms with van der Waals surface area (Å²) in [6, 6.07) is 3.08. The quantitative estimate of drug-likeness (QED) is 0.915. The molecule has 126 valence electrons. The summed E-state index contributed by atoms with van der Waals surface area (Å²) in [6.45, 7) is 1.84. The molecule has 0 aromatic heterocycles. The van der Waals surface area contributed by atoms with Gasteiger partial charge in [0.25, 0.3) is 0 Å². The molecule has 1 aromatic carbocycles. The van der Waals surface area contributed by atoms with E-state index in [1.165, 1.54) is 24.1 Å². The van der Waals surface area contributed by atoms with Gasteiger partial charge in [-0.1, -0.05) is 6.07 Å². The standard InChI is InChI=1S/C15H19F2N3O3/c1-23-10-5-13(21)19-6-8-20(9-7-19)15(22)18-12-4-2-3-11(16)14(12)17/h2-4H,5-10H2,1H3,(H,18,22). The normalized spacial score (nSPS) is 14.7. The second kappa shape index (κ2) is 7.87. The van der Waals surface area contributed by atoms with Gasteiger partial charge in [-0.2, -0.15) is 0 Å². The highest BCUT2D eigenvalue weighted by molar-refractivity contribution is 5.89. The van der Waals surface area contributed by atoms with E-state index in [0.29, 0.717) is 39.2 Å². The largest absolute Gasteiger partial charge is 0.384 e. The lowest BCUT2D eigenvalue weighted by Gasteiger charge is -2.34. The minimum absolute atomic E-state index is 0.0249. The molecule has 1 aliphatic rings. The highest BCUT2D eigenvalue weighted by Gasteiger charge is 2.24. The molecule has 8 heteroatoms. The molecule has 2 rings (SSSR count). The number of amides is 3. The van der Waals surface area contributed by atoms with Crippen LogP contribution in [-0.4, -0.2) is 61.6 Å². The van der Waals surface area contributed by atoms with Crippen molar-refractivity contribution in [3.8, 4) is 0 Å². The van der Waals surface area contributed by atoms with Gasteiger partial charge in [0.2, 0.25) is 5.91 Å². The predicted molar refractivity (Wildman–Crippen MR) is 80.0 cm³/mol. The minimum Gasteiger partial charge on any atom is -0.384 e. The lowest BCUT2D eigenvalue weighted by atomic mass is 10.2. The third kappa shape index (κ3) is 4.38. The summed E-state index contributed by atoms with van der Waals surface area (Å²) in [5, 5.41) is 2.35. The van der Waals surface area contributed by atoms with E-state index >= 15 is 0 Å². The van der Waals surface area contributed by atoms with Gasteiger partial charge >= 0.3 is 6.03 Å². The van der Waals surface area contributed by atoms with Crippen molar-refractivity contribution in [1.29, 1.82) is 0 Å². The van der Waals surface area contributed by atoms with E-state index < -0.39 is 17.7 Å². The Labute approximate surface area is 133 Å². The van der Waals surface area contributed by atoms with Crippen LogP contribution in [0.5, 0.6) is 0 Å². The Bertz CT molecular complexity index is 575. The molecule has 1 aliphatic heterocycles. The third-order valence-corrected chi connectivity index (χ3v) is 3.63. The summed E-state index contributed by atoms with van der Waals surface area (Å²) < 4.78 is 31.5. The molecule has 23 heavy (non-hydrogen) atoms. The Hall–Kier alpha value is -2.22. The number of hydrogen-bond donors (Lipinski definition) is 1. The molecule has 6 nitrogen and oxygen atoms in total. The number of rotatable bonds is 4. The van der Waals surface area contributed by atoms with Crippen LogP contribution in [0.4, 0.5) is 19.3 Å². The number of anilines is 1. The van der Waals surface area contributed by atoms with Crippen LogP contribution in [0.2, 0.25) is 0 Å². The summed E-state index contributed by atoms with van der Waals surface area (Å²) in [4.78, 5) is 27.0. The number of ether oxygens (including phenoxy) is 1. The maximum absolute atomic E-state index is 13.5. The summed E-state index contributed by atoms with van der Waals surface area (Å²) in [7, 11) is 1.53. The molecule has 0 unspecified atom stereocenters. The molecular formula is C15H19F2N3O3. The maximum Gasteiger partial charge on any atom is 0.322 e. The Kier molecular flexibility index (Phi) is 5.86. The van der Waals surface area contributed by atoms with Gasteiger partial charge < -0.3 is 19.9 Å². The van der Waals surface area contributed by atoms with Gasteiger partial charge in [-0.3, -0.25) is 4.79 Å². The van der Waals surface area contributed by atoms with Crippen molar-refractivity contribution in [3.05, 3.63) is 29.8 Å². The zero-order valence-electron chi connectivity index (χ0n) is 12.8. The number of methoxy groups -OCH3 is 1. The molecule has 0 spiro atoms. The second-order valence-electron chi connectivity index (χ2n) is 5.14. The van der Waals surface area contributed by atoms with Crippen LogP contribution in [0.15, 0.2) is 18.2 Å². The minimum atomic E-state index is -1.09. The van der Waals surface area contributed by atoms with E-state index in [0.717, 1.165) is 6.07 Å². The number of carbonyl (C=O) groups is 2. The van der Waals surface area contributed by atoms with Gasteiger partial charge in [0.15, 0.2) is 11.6 Å². The van der Waals surface area contributed by atoms with Crippen LogP contribution < -0.4 is 5.32 Å².